The highest BCUT2D eigenvalue weighted by Crippen LogP contribution is 2.34. The number of carbonyl (C=O) groups is 1. The van der Waals surface area contributed by atoms with Crippen LogP contribution in [0.25, 0.3) is 17.4 Å². The van der Waals surface area contributed by atoms with Crippen LogP contribution in [0.5, 0.6) is 0 Å². The maximum atomic E-state index is 12.0. The first-order chi connectivity index (χ1) is 11.4. The van der Waals surface area contributed by atoms with Crippen molar-refractivity contribution in [3.05, 3.63) is 56.1 Å². The van der Waals surface area contributed by atoms with E-state index in [1.165, 1.54) is 28.8 Å². The van der Waals surface area contributed by atoms with Gasteiger partial charge in [-0.3, -0.25) is 19.8 Å². The number of furan rings is 1. The maximum absolute atomic E-state index is 12.0. The van der Waals surface area contributed by atoms with Crippen LogP contribution in [0.3, 0.4) is 0 Å². The van der Waals surface area contributed by atoms with Crippen LogP contribution in [0.15, 0.2) is 39.7 Å². The minimum Gasteiger partial charge on any atom is -0.457 e. The Morgan fingerprint density at radius 3 is 2.75 bits per heavy atom. The van der Waals surface area contributed by atoms with Gasteiger partial charge in [-0.2, -0.15) is 0 Å². The Bertz CT molecular complexity index is 907. The molecule has 0 saturated carbocycles. The number of thiocarbonyl (C=S) groups is 1. The minimum absolute atomic E-state index is 0.0575. The molecule has 1 fully saturated rings. The Morgan fingerprint density at radius 1 is 1.38 bits per heavy atom. The van der Waals surface area contributed by atoms with Crippen molar-refractivity contribution in [3.63, 3.8) is 0 Å². The number of rotatable bonds is 3. The monoisotopic (exact) mass is 380 g/mol. The summed E-state index contributed by atoms with van der Waals surface area (Å²) in [4.78, 5) is 24.2. The molecule has 0 N–H and O–H groups in total. The van der Waals surface area contributed by atoms with E-state index in [0.29, 0.717) is 26.3 Å². The molecule has 0 radical (unpaired) electrons. The van der Waals surface area contributed by atoms with E-state index in [-0.39, 0.29) is 16.6 Å². The largest absolute Gasteiger partial charge is 0.457 e. The van der Waals surface area contributed by atoms with Gasteiger partial charge in [0, 0.05) is 24.8 Å². The molecule has 1 aromatic carbocycles. The van der Waals surface area contributed by atoms with Gasteiger partial charge < -0.3 is 4.42 Å². The highest BCUT2D eigenvalue weighted by Gasteiger charge is 2.29. The number of likely N-dealkylation sites (N-methyl/N-ethyl adjacent to an activating group) is 1. The summed E-state index contributed by atoms with van der Waals surface area (Å²) in [5.41, 5.74) is 0.327. The first-order valence-electron chi connectivity index (χ1n) is 6.62. The highest BCUT2D eigenvalue weighted by molar-refractivity contribution is 8.26. The molecule has 2 aromatic rings. The molecule has 122 valence electrons. The van der Waals surface area contributed by atoms with E-state index in [1.807, 2.05) is 0 Å². The summed E-state index contributed by atoms with van der Waals surface area (Å²) in [6.45, 7) is 0. The van der Waals surface area contributed by atoms with E-state index in [4.69, 9.17) is 28.2 Å². The molecule has 0 spiro atoms. The second-order valence-electron chi connectivity index (χ2n) is 4.87. The molecule has 1 amide bonds. The first-order valence-corrected chi connectivity index (χ1v) is 8.23. The van der Waals surface area contributed by atoms with Crippen molar-refractivity contribution in [1.29, 1.82) is 0 Å². The fourth-order valence-corrected chi connectivity index (χ4v) is 3.41. The van der Waals surface area contributed by atoms with Crippen molar-refractivity contribution in [2.24, 2.45) is 0 Å². The van der Waals surface area contributed by atoms with E-state index in [9.17, 15) is 14.9 Å². The van der Waals surface area contributed by atoms with Crippen LogP contribution in [0.1, 0.15) is 5.76 Å². The molecular formula is C15H9ClN2O4S2. The quantitative estimate of drug-likeness (QED) is 0.341. The van der Waals surface area contributed by atoms with Crippen LogP contribution in [-0.4, -0.2) is 27.1 Å². The summed E-state index contributed by atoms with van der Waals surface area (Å²) in [6, 6.07) is 7.77. The molecule has 0 aliphatic carbocycles. The van der Waals surface area contributed by atoms with Gasteiger partial charge in [0.15, 0.2) is 0 Å². The normalized spacial score (nSPS) is 16.2. The standard InChI is InChI=1S/C15H9ClN2O4S2/c1-17-14(19)13(24-15(17)23)7-9-3-5-12(22-9)8-2-4-10(16)11(6-8)18(20)21/h2-7H,1H3/b13-7+. The second kappa shape index (κ2) is 6.39. The molecule has 1 aliphatic rings. The van der Waals surface area contributed by atoms with E-state index < -0.39 is 4.92 Å². The lowest BCUT2D eigenvalue weighted by atomic mass is 10.1. The Balaban J connectivity index is 1.92. The third-order valence-electron chi connectivity index (χ3n) is 3.31. The minimum atomic E-state index is -0.553. The van der Waals surface area contributed by atoms with Crippen LogP contribution in [-0.2, 0) is 4.79 Å². The van der Waals surface area contributed by atoms with Crippen LogP contribution in [0, 0.1) is 10.1 Å². The molecule has 0 bridgehead atoms. The first kappa shape index (κ1) is 16.7. The van der Waals surface area contributed by atoms with Crippen molar-refractivity contribution < 1.29 is 14.1 Å². The fourth-order valence-electron chi connectivity index (χ4n) is 2.07. The molecule has 1 saturated heterocycles. The molecule has 6 nitrogen and oxygen atoms in total. The molecule has 3 rings (SSSR count). The summed E-state index contributed by atoms with van der Waals surface area (Å²) >= 11 is 12.1. The third-order valence-corrected chi connectivity index (χ3v) is 5.12. The molecule has 24 heavy (non-hydrogen) atoms. The number of nitro benzene ring substituents is 1. The molecule has 1 aliphatic heterocycles. The Hall–Kier alpha value is -2.16. The number of carbonyl (C=O) groups excluding carboxylic acids is 1. The van der Waals surface area contributed by atoms with Gasteiger partial charge in [-0.05, 0) is 24.3 Å². The molecule has 0 atom stereocenters. The summed E-state index contributed by atoms with van der Waals surface area (Å²) < 4.78 is 6.13. The second-order valence-corrected chi connectivity index (χ2v) is 6.95. The number of halogens is 1. The lowest BCUT2D eigenvalue weighted by Crippen LogP contribution is -2.22. The number of nitrogens with zero attached hydrogens (tertiary/aromatic N) is 2. The fraction of sp³-hybridized carbons (Fsp3) is 0.0667. The third kappa shape index (κ3) is 3.08. The number of amides is 1. The van der Waals surface area contributed by atoms with Crippen molar-refractivity contribution in [3.8, 4) is 11.3 Å². The number of benzene rings is 1. The molecule has 2 heterocycles. The zero-order valence-corrected chi connectivity index (χ0v) is 14.6. The maximum Gasteiger partial charge on any atom is 0.288 e. The average molecular weight is 381 g/mol. The SMILES string of the molecule is CN1C(=O)/C(=C\c2ccc(-c3ccc(Cl)c([N+](=O)[O-])c3)o2)SC1=S. The summed E-state index contributed by atoms with van der Waals surface area (Å²) in [5, 5.41) is 11.0. The van der Waals surface area contributed by atoms with E-state index in [0.717, 1.165) is 0 Å². The van der Waals surface area contributed by atoms with Gasteiger partial charge in [0.25, 0.3) is 11.6 Å². The Morgan fingerprint density at radius 2 is 2.12 bits per heavy atom. The predicted octanol–water partition coefficient (Wildman–Crippen LogP) is 4.34. The Labute approximate surface area is 151 Å². The summed E-state index contributed by atoms with van der Waals surface area (Å²) in [5.74, 6) is 0.703. The van der Waals surface area contributed by atoms with E-state index in [1.54, 1.807) is 31.3 Å². The van der Waals surface area contributed by atoms with Crippen LogP contribution in [0.4, 0.5) is 5.69 Å². The highest BCUT2D eigenvalue weighted by atomic mass is 35.5. The molecule has 1 aromatic heterocycles. The lowest BCUT2D eigenvalue weighted by Gasteiger charge is -2.03. The van der Waals surface area contributed by atoms with Gasteiger partial charge in [-0.1, -0.05) is 35.6 Å². The summed E-state index contributed by atoms with van der Waals surface area (Å²) in [7, 11) is 1.61. The van der Waals surface area contributed by atoms with E-state index >= 15 is 0 Å². The van der Waals surface area contributed by atoms with Crippen molar-refractivity contribution in [2.75, 3.05) is 7.05 Å². The zero-order valence-electron chi connectivity index (χ0n) is 12.2. The van der Waals surface area contributed by atoms with Crippen molar-refractivity contribution in [2.45, 2.75) is 0 Å². The topological polar surface area (TPSA) is 76.6 Å². The Kier molecular flexibility index (Phi) is 4.44. The van der Waals surface area contributed by atoms with E-state index in [2.05, 4.69) is 0 Å². The van der Waals surface area contributed by atoms with Crippen LogP contribution >= 0.6 is 35.6 Å². The van der Waals surface area contributed by atoms with Crippen LogP contribution in [0.2, 0.25) is 5.02 Å². The van der Waals surface area contributed by atoms with Gasteiger partial charge >= 0.3 is 0 Å². The summed E-state index contributed by atoms with van der Waals surface area (Å²) in [6.07, 6.45) is 1.59. The number of hydrogen-bond acceptors (Lipinski definition) is 6. The lowest BCUT2D eigenvalue weighted by molar-refractivity contribution is -0.384. The molecule has 0 unspecified atom stereocenters. The number of nitro groups is 1. The van der Waals surface area contributed by atoms with Crippen molar-refractivity contribution >= 4 is 57.6 Å². The van der Waals surface area contributed by atoms with Gasteiger partial charge in [-0.25, -0.2) is 0 Å². The van der Waals surface area contributed by atoms with Gasteiger partial charge in [0.1, 0.15) is 20.9 Å². The van der Waals surface area contributed by atoms with Crippen molar-refractivity contribution in [1.82, 2.24) is 4.90 Å². The predicted molar refractivity (Wildman–Crippen MR) is 96.7 cm³/mol. The number of hydrogen-bond donors (Lipinski definition) is 0. The zero-order chi connectivity index (χ0) is 17.4. The van der Waals surface area contributed by atoms with Gasteiger partial charge in [0.05, 0.1) is 9.83 Å². The molecular weight excluding hydrogens is 372 g/mol. The average Bonchev–Trinajstić information content (AvgIpc) is 3.09. The molecule has 9 heteroatoms. The van der Waals surface area contributed by atoms with Gasteiger partial charge in [-0.15, -0.1) is 0 Å². The van der Waals surface area contributed by atoms with Crippen LogP contribution < -0.4 is 0 Å². The van der Waals surface area contributed by atoms with Gasteiger partial charge in [0.2, 0.25) is 0 Å². The smallest absolute Gasteiger partial charge is 0.288 e. The number of thioether (sulfide) groups is 1.